The van der Waals surface area contributed by atoms with Crippen LogP contribution < -0.4 is 0 Å². The van der Waals surface area contributed by atoms with Gasteiger partial charge in [-0.1, -0.05) is 30.3 Å². The van der Waals surface area contributed by atoms with Crippen LogP contribution in [-0.2, 0) is 6.54 Å². The molecule has 1 saturated heterocycles. The summed E-state index contributed by atoms with van der Waals surface area (Å²) in [5.41, 5.74) is 2.32. The zero-order chi connectivity index (χ0) is 21.8. The summed E-state index contributed by atoms with van der Waals surface area (Å²) < 4.78 is 27.9. The molecule has 4 rings (SSSR count). The molecule has 5 nitrogen and oxygen atoms in total. The minimum Gasteiger partial charge on any atom is -0.477 e. The van der Waals surface area contributed by atoms with Crippen molar-refractivity contribution in [1.29, 1.82) is 0 Å². The molecule has 1 aromatic heterocycles. The van der Waals surface area contributed by atoms with E-state index < -0.39 is 5.97 Å². The molecule has 0 amide bonds. The first-order valence-electron chi connectivity index (χ1n) is 10.2. The lowest BCUT2D eigenvalue weighted by molar-refractivity contribution is 0.0689. The molecule has 0 unspecified atom stereocenters. The third-order valence-electron chi connectivity index (χ3n) is 5.51. The summed E-state index contributed by atoms with van der Waals surface area (Å²) in [5, 5.41) is 9.13. The second kappa shape index (κ2) is 9.32. The van der Waals surface area contributed by atoms with Crippen molar-refractivity contribution in [3.8, 4) is 0 Å². The Kier molecular flexibility index (Phi) is 6.34. The molecule has 0 aliphatic carbocycles. The SMILES string of the molecule is O=C(O)c1cccc(CN2CCN(C(c3cccc(F)c3)c3cccc(F)c3)CC2)n1. The number of carboxylic acids is 1. The number of carbonyl (C=O) groups is 1. The highest BCUT2D eigenvalue weighted by atomic mass is 19.1. The van der Waals surface area contributed by atoms with Gasteiger partial charge in [0, 0.05) is 32.7 Å². The molecule has 3 aromatic rings. The molecule has 31 heavy (non-hydrogen) atoms. The second-order valence-electron chi connectivity index (χ2n) is 7.64. The Balaban J connectivity index is 1.50. The average molecular weight is 423 g/mol. The number of pyridine rings is 1. The van der Waals surface area contributed by atoms with Gasteiger partial charge in [-0.05, 0) is 47.5 Å². The van der Waals surface area contributed by atoms with E-state index in [-0.39, 0.29) is 23.4 Å². The fourth-order valence-corrected chi connectivity index (χ4v) is 4.06. The molecule has 2 aromatic carbocycles. The number of piperazine rings is 1. The zero-order valence-electron chi connectivity index (χ0n) is 16.9. The van der Waals surface area contributed by atoms with Gasteiger partial charge in [0.2, 0.25) is 0 Å². The van der Waals surface area contributed by atoms with Gasteiger partial charge in [0.25, 0.3) is 0 Å². The number of hydrogen-bond donors (Lipinski definition) is 1. The van der Waals surface area contributed by atoms with Gasteiger partial charge in [-0.2, -0.15) is 0 Å². The Morgan fingerprint density at radius 3 is 2.03 bits per heavy atom. The van der Waals surface area contributed by atoms with Crippen molar-refractivity contribution in [2.24, 2.45) is 0 Å². The molecule has 1 aliphatic rings. The van der Waals surface area contributed by atoms with Gasteiger partial charge in [-0.15, -0.1) is 0 Å². The predicted octanol–water partition coefficient (Wildman–Crippen LogP) is 3.97. The largest absolute Gasteiger partial charge is 0.477 e. The highest BCUT2D eigenvalue weighted by molar-refractivity contribution is 5.85. The summed E-state index contributed by atoms with van der Waals surface area (Å²) in [5.74, 6) is -1.68. The van der Waals surface area contributed by atoms with Crippen LogP contribution in [0.5, 0.6) is 0 Å². The number of benzene rings is 2. The molecule has 0 radical (unpaired) electrons. The normalized spacial score (nSPS) is 15.3. The number of aromatic nitrogens is 1. The Bertz CT molecular complexity index is 1020. The standard InChI is InChI=1S/C24H23F2N3O2/c25-19-6-1-4-17(14-19)23(18-5-2-7-20(26)15-18)29-12-10-28(11-13-29)16-21-8-3-9-22(27-21)24(30)31/h1-9,14-15,23H,10-13,16H2,(H,30,31). The minimum absolute atomic E-state index is 0.0356. The molecule has 0 spiro atoms. The number of halogens is 2. The Morgan fingerprint density at radius 1 is 0.903 bits per heavy atom. The number of nitrogens with zero attached hydrogens (tertiary/aromatic N) is 3. The molecule has 160 valence electrons. The van der Waals surface area contributed by atoms with E-state index in [0.717, 1.165) is 24.2 Å². The quantitative estimate of drug-likeness (QED) is 0.650. The first-order valence-corrected chi connectivity index (χ1v) is 10.2. The van der Waals surface area contributed by atoms with E-state index >= 15 is 0 Å². The molecular weight excluding hydrogens is 400 g/mol. The van der Waals surface area contributed by atoms with Crippen molar-refractivity contribution in [1.82, 2.24) is 14.8 Å². The summed E-state index contributed by atoms with van der Waals surface area (Å²) in [4.78, 5) is 19.8. The molecule has 1 fully saturated rings. The van der Waals surface area contributed by atoms with Crippen LogP contribution in [0.3, 0.4) is 0 Å². The first kappa shape index (κ1) is 21.1. The highest BCUT2D eigenvalue weighted by Gasteiger charge is 2.27. The third-order valence-corrected chi connectivity index (χ3v) is 5.51. The Hall–Kier alpha value is -3.16. The average Bonchev–Trinajstić information content (AvgIpc) is 2.75. The van der Waals surface area contributed by atoms with Crippen molar-refractivity contribution in [2.75, 3.05) is 26.2 Å². The van der Waals surface area contributed by atoms with Crippen LogP contribution in [0, 0.1) is 11.6 Å². The van der Waals surface area contributed by atoms with Crippen LogP contribution in [0.25, 0.3) is 0 Å². The van der Waals surface area contributed by atoms with Crippen molar-refractivity contribution < 1.29 is 18.7 Å². The molecule has 7 heteroatoms. The van der Waals surface area contributed by atoms with Crippen LogP contribution in [0.1, 0.15) is 33.4 Å². The van der Waals surface area contributed by atoms with Crippen molar-refractivity contribution in [3.05, 3.63) is 101 Å². The van der Waals surface area contributed by atoms with Crippen molar-refractivity contribution in [2.45, 2.75) is 12.6 Å². The highest BCUT2D eigenvalue weighted by Crippen LogP contribution is 2.30. The van der Waals surface area contributed by atoms with Gasteiger partial charge in [-0.25, -0.2) is 18.6 Å². The predicted molar refractivity (Wildman–Crippen MR) is 113 cm³/mol. The molecule has 0 atom stereocenters. The molecular formula is C24H23F2N3O2. The number of aromatic carboxylic acids is 1. The second-order valence-corrected chi connectivity index (χ2v) is 7.64. The van der Waals surface area contributed by atoms with Crippen LogP contribution in [-0.4, -0.2) is 52.0 Å². The van der Waals surface area contributed by atoms with Crippen LogP contribution >= 0.6 is 0 Å². The van der Waals surface area contributed by atoms with Gasteiger partial charge in [-0.3, -0.25) is 9.80 Å². The maximum Gasteiger partial charge on any atom is 0.354 e. The molecule has 1 aliphatic heterocycles. The summed E-state index contributed by atoms with van der Waals surface area (Å²) in [6.07, 6.45) is 0. The number of hydrogen-bond acceptors (Lipinski definition) is 4. The van der Waals surface area contributed by atoms with Gasteiger partial charge in [0.05, 0.1) is 11.7 Å². The summed E-state index contributed by atoms with van der Waals surface area (Å²) in [6.45, 7) is 3.44. The van der Waals surface area contributed by atoms with E-state index in [4.69, 9.17) is 5.11 Å². The zero-order valence-corrected chi connectivity index (χ0v) is 16.9. The monoisotopic (exact) mass is 423 g/mol. The third kappa shape index (κ3) is 5.13. The lowest BCUT2D eigenvalue weighted by Crippen LogP contribution is -2.47. The maximum absolute atomic E-state index is 13.9. The topological polar surface area (TPSA) is 56.7 Å². The van der Waals surface area contributed by atoms with Crippen LogP contribution in [0.2, 0.25) is 0 Å². The van der Waals surface area contributed by atoms with E-state index in [1.54, 1.807) is 18.2 Å². The van der Waals surface area contributed by atoms with Gasteiger partial charge in [0.15, 0.2) is 0 Å². The lowest BCUT2D eigenvalue weighted by Gasteiger charge is -2.39. The van der Waals surface area contributed by atoms with Crippen molar-refractivity contribution >= 4 is 5.97 Å². The number of carboxylic acid groups (broad SMARTS) is 1. The first-order chi connectivity index (χ1) is 15.0. The van der Waals surface area contributed by atoms with Crippen molar-refractivity contribution in [3.63, 3.8) is 0 Å². The fourth-order valence-electron chi connectivity index (χ4n) is 4.06. The van der Waals surface area contributed by atoms with Gasteiger partial charge >= 0.3 is 5.97 Å². The van der Waals surface area contributed by atoms with E-state index in [1.165, 1.54) is 30.3 Å². The summed E-state index contributed by atoms with van der Waals surface area (Å²) in [6, 6.07) is 17.7. The van der Waals surface area contributed by atoms with Gasteiger partial charge in [0.1, 0.15) is 17.3 Å². The van der Waals surface area contributed by atoms with E-state index in [2.05, 4.69) is 14.8 Å². The summed E-state index contributed by atoms with van der Waals surface area (Å²) in [7, 11) is 0. The maximum atomic E-state index is 13.9. The van der Waals surface area contributed by atoms with Gasteiger partial charge < -0.3 is 5.11 Å². The van der Waals surface area contributed by atoms with E-state index in [1.807, 2.05) is 18.2 Å². The molecule has 0 bridgehead atoms. The van der Waals surface area contributed by atoms with E-state index in [9.17, 15) is 13.6 Å². The van der Waals surface area contributed by atoms with Crippen LogP contribution in [0.15, 0.2) is 66.7 Å². The Labute approximate surface area is 179 Å². The summed E-state index contributed by atoms with van der Waals surface area (Å²) >= 11 is 0. The smallest absolute Gasteiger partial charge is 0.354 e. The fraction of sp³-hybridized carbons (Fsp3) is 0.250. The minimum atomic E-state index is -1.04. The molecule has 0 saturated carbocycles. The molecule has 2 heterocycles. The Morgan fingerprint density at radius 2 is 1.48 bits per heavy atom. The number of rotatable bonds is 6. The molecule has 1 N–H and O–H groups in total. The van der Waals surface area contributed by atoms with Crippen LogP contribution in [0.4, 0.5) is 8.78 Å². The van der Waals surface area contributed by atoms with E-state index in [0.29, 0.717) is 25.3 Å². The lowest BCUT2D eigenvalue weighted by atomic mass is 9.96.